The normalized spacial score (nSPS) is 14.4. The number of hydrogen-bond donors (Lipinski definition) is 1. The molecule has 1 amide bonds. The molecular weight excluding hydrogens is 364 g/mol. The Morgan fingerprint density at radius 1 is 1.11 bits per heavy atom. The highest BCUT2D eigenvalue weighted by Crippen LogP contribution is 2.22. The Bertz CT molecular complexity index is 968. The van der Waals surface area contributed by atoms with E-state index < -0.39 is 6.04 Å². The zero-order valence-electron chi connectivity index (χ0n) is 14.9. The molecule has 0 saturated heterocycles. The van der Waals surface area contributed by atoms with Crippen molar-refractivity contribution in [1.82, 2.24) is 20.4 Å². The summed E-state index contributed by atoms with van der Waals surface area (Å²) in [6.45, 7) is 1.81. The summed E-state index contributed by atoms with van der Waals surface area (Å²) in [5, 5.41) is 7.50. The molecule has 0 unspecified atom stereocenters. The minimum atomic E-state index is -0.403. The second-order valence-electron chi connectivity index (χ2n) is 6.67. The highest BCUT2D eigenvalue weighted by Gasteiger charge is 2.20. The molecule has 27 heavy (non-hydrogen) atoms. The molecule has 0 saturated carbocycles. The molecule has 1 aliphatic carbocycles. The molecule has 6 nitrogen and oxygen atoms in total. The van der Waals surface area contributed by atoms with Crippen LogP contribution in [0.25, 0.3) is 11.5 Å². The van der Waals surface area contributed by atoms with Crippen molar-refractivity contribution >= 4 is 17.5 Å². The van der Waals surface area contributed by atoms with Crippen LogP contribution in [0.5, 0.6) is 0 Å². The second kappa shape index (κ2) is 7.48. The van der Waals surface area contributed by atoms with Gasteiger partial charge in [-0.25, -0.2) is 4.98 Å². The van der Waals surface area contributed by atoms with Crippen molar-refractivity contribution in [1.29, 1.82) is 0 Å². The first-order valence-electron chi connectivity index (χ1n) is 8.99. The van der Waals surface area contributed by atoms with Crippen LogP contribution in [-0.2, 0) is 12.8 Å². The maximum atomic E-state index is 12.6. The highest BCUT2D eigenvalue weighted by molar-refractivity contribution is 6.30. The molecule has 3 aromatic rings. The Morgan fingerprint density at radius 3 is 2.70 bits per heavy atom. The van der Waals surface area contributed by atoms with Gasteiger partial charge in [0.15, 0.2) is 5.82 Å². The lowest BCUT2D eigenvalue weighted by Gasteiger charge is -2.16. The summed E-state index contributed by atoms with van der Waals surface area (Å²) in [6.07, 6.45) is 4.28. The maximum Gasteiger partial charge on any atom is 0.270 e. The summed E-state index contributed by atoms with van der Waals surface area (Å²) in [4.78, 5) is 21.5. The molecule has 7 heteroatoms. The third kappa shape index (κ3) is 3.85. The fourth-order valence-corrected chi connectivity index (χ4v) is 3.29. The molecule has 4 rings (SSSR count). The number of benzene rings is 1. The van der Waals surface area contributed by atoms with Crippen molar-refractivity contribution in [2.75, 3.05) is 0 Å². The van der Waals surface area contributed by atoms with Crippen LogP contribution in [-0.4, -0.2) is 21.0 Å². The molecule has 2 heterocycles. The zero-order valence-corrected chi connectivity index (χ0v) is 15.7. The van der Waals surface area contributed by atoms with Gasteiger partial charge in [-0.05, 0) is 68.5 Å². The van der Waals surface area contributed by atoms with Crippen LogP contribution >= 0.6 is 11.6 Å². The quantitative estimate of drug-likeness (QED) is 0.732. The van der Waals surface area contributed by atoms with Gasteiger partial charge in [-0.2, -0.15) is 4.98 Å². The van der Waals surface area contributed by atoms with E-state index in [0.717, 1.165) is 30.5 Å². The number of aryl methyl sites for hydroxylation is 2. The van der Waals surface area contributed by atoms with Crippen molar-refractivity contribution < 1.29 is 9.32 Å². The standard InChI is InChI=1S/C20H19ClN4O2/c1-12(18-24-20(27-25-18)14-6-9-15(21)10-7-14)22-19(26)17-11-8-13-4-2-3-5-16(13)23-17/h6-12H,2-5H2,1H3,(H,22,26)/t12-/m0/s1. The molecule has 0 aliphatic heterocycles. The lowest BCUT2D eigenvalue weighted by Crippen LogP contribution is -2.28. The first kappa shape index (κ1) is 17.7. The number of nitrogens with zero attached hydrogens (tertiary/aromatic N) is 3. The van der Waals surface area contributed by atoms with E-state index in [0.29, 0.717) is 22.4 Å². The van der Waals surface area contributed by atoms with Crippen molar-refractivity contribution in [3.8, 4) is 11.5 Å². The number of fused-ring (bicyclic) bond motifs is 1. The van der Waals surface area contributed by atoms with E-state index in [2.05, 4.69) is 20.4 Å². The molecular formula is C20H19ClN4O2. The Labute approximate surface area is 162 Å². The van der Waals surface area contributed by atoms with Gasteiger partial charge < -0.3 is 9.84 Å². The fourth-order valence-electron chi connectivity index (χ4n) is 3.16. The van der Waals surface area contributed by atoms with E-state index in [-0.39, 0.29) is 5.91 Å². The number of carbonyl (C=O) groups is 1. The number of pyridine rings is 1. The van der Waals surface area contributed by atoms with Crippen LogP contribution < -0.4 is 5.32 Å². The molecule has 0 radical (unpaired) electrons. The third-order valence-corrected chi connectivity index (χ3v) is 4.93. The number of carbonyl (C=O) groups excluding carboxylic acids is 1. The van der Waals surface area contributed by atoms with Crippen molar-refractivity contribution in [2.24, 2.45) is 0 Å². The smallest absolute Gasteiger partial charge is 0.270 e. The van der Waals surface area contributed by atoms with Gasteiger partial charge in [0, 0.05) is 16.3 Å². The van der Waals surface area contributed by atoms with Gasteiger partial charge in [-0.1, -0.05) is 22.8 Å². The number of aromatic nitrogens is 3. The van der Waals surface area contributed by atoms with Crippen molar-refractivity contribution in [3.05, 3.63) is 64.2 Å². The predicted molar refractivity (Wildman–Crippen MR) is 102 cm³/mol. The summed E-state index contributed by atoms with van der Waals surface area (Å²) in [6, 6.07) is 10.5. The Morgan fingerprint density at radius 2 is 1.89 bits per heavy atom. The van der Waals surface area contributed by atoms with Crippen LogP contribution in [0.3, 0.4) is 0 Å². The lowest BCUT2D eigenvalue weighted by molar-refractivity contribution is 0.0932. The van der Waals surface area contributed by atoms with Gasteiger partial charge in [0.2, 0.25) is 0 Å². The van der Waals surface area contributed by atoms with Gasteiger partial charge in [-0.15, -0.1) is 0 Å². The molecule has 2 aromatic heterocycles. The van der Waals surface area contributed by atoms with E-state index in [4.69, 9.17) is 16.1 Å². The summed E-state index contributed by atoms with van der Waals surface area (Å²) >= 11 is 5.89. The number of nitrogens with one attached hydrogen (secondary N) is 1. The number of halogens is 1. The van der Waals surface area contributed by atoms with Crippen LogP contribution in [0.2, 0.25) is 5.02 Å². The van der Waals surface area contributed by atoms with E-state index >= 15 is 0 Å². The van der Waals surface area contributed by atoms with Crippen molar-refractivity contribution in [2.45, 2.75) is 38.6 Å². The summed E-state index contributed by atoms with van der Waals surface area (Å²) in [5.74, 6) is 0.551. The Balaban J connectivity index is 1.46. The minimum absolute atomic E-state index is 0.242. The monoisotopic (exact) mass is 382 g/mol. The molecule has 0 bridgehead atoms. The predicted octanol–water partition coefficient (Wildman–Crippen LogP) is 4.15. The van der Waals surface area contributed by atoms with Crippen LogP contribution in [0.1, 0.15) is 53.4 Å². The number of amides is 1. The first-order valence-corrected chi connectivity index (χ1v) is 9.37. The van der Waals surface area contributed by atoms with Gasteiger partial charge in [0.1, 0.15) is 5.69 Å². The molecule has 1 N–H and O–H groups in total. The van der Waals surface area contributed by atoms with E-state index in [1.165, 1.54) is 12.0 Å². The Hall–Kier alpha value is -2.73. The molecule has 1 aliphatic rings. The fraction of sp³-hybridized carbons (Fsp3) is 0.300. The van der Waals surface area contributed by atoms with Gasteiger partial charge in [0.25, 0.3) is 11.8 Å². The molecule has 1 atom stereocenters. The topological polar surface area (TPSA) is 80.9 Å². The lowest BCUT2D eigenvalue weighted by atomic mass is 9.96. The van der Waals surface area contributed by atoms with Gasteiger partial charge >= 0.3 is 0 Å². The summed E-state index contributed by atoms with van der Waals surface area (Å²) in [5.41, 5.74) is 3.47. The summed E-state index contributed by atoms with van der Waals surface area (Å²) < 4.78 is 5.30. The second-order valence-corrected chi connectivity index (χ2v) is 7.11. The molecule has 0 fully saturated rings. The van der Waals surface area contributed by atoms with Gasteiger partial charge in [-0.3, -0.25) is 4.79 Å². The van der Waals surface area contributed by atoms with Crippen LogP contribution in [0, 0.1) is 0 Å². The average Bonchev–Trinajstić information content (AvgIpc) is 3.18. The minimum Gasteiger partial charge on any atom is -0.341 e. The number of hydrogen-bond acceptors (Lipinski definition) is 5. The maximum absolute atomic E-state index is 12.6. The van der Waals surface area contributed by atoms with E-state index in [1.54, 1.807) is 30.3 Å². The summed E-state index contributed by atoms with van der Waals surface area (Å²) in [7, 11) is 0. The zero-order chi connectivity index (χ0) is 18.8. The third-order valence-electron chi connectivity index (χ3n) is 4.68. The van der Waals surface area contributed by atoms with E-state index in [1.807, 2.05) is 13.0 Å². The molecule has 0 spiro atoms. The highest BCUT2D eigenvalue weighted by atomic mass is 35.5. The van der Waals surface area contributed by atoms with E-state index in [9.17, 15) is 4.79 Å². The molecule has 138 valence electrons. The number of rotatable bonds is 4. The average molecular weight is 383 g/mol. The Kier molecular flexibility index (Phi) is 4.90. The van der Waals surface area contributed by atoms with Crippen LogP contribution in [0.15, 0.2) is 40.9 Å². The molecule has 1 aromatic carbocycles. The first-order chi connectivity index (χ1) is 13.1. The largest absolute Gasteiger partial charge is 0.341 e. The SMILES string of the molecule is C[C@H](NC(=O)c1ccc2c(n1)CCCC2)c1noc(-c2ccc(Cl)cc2)n1. The van der Waals surface area contributed by atoms with Crippen molar-refractivity contribution in [3.63, 3.8) is 0 Å². The van der Waals surface area contributed by atoms with Gasteiger partial charge in [0.05, 0.1) is 6.04 Å². The van der Waals surface area contributed by atoms with Crippen LogP contribution in [0.4, 0.5) is 0 Å².